The van der Waals surface area contributed by atoms with Crippen LogP contribution in [0.4, 0.5) is 11.5 Å². The molecule has 0 radical (unpaired) electrons. The quantitative estimate of drug-likeness (QED) is 0.410. The van der Waals surface area contributed by atoms with Crippen molar-refractivity contribution in [1.82, 2.24) is 15.2 Å². The molecule has 0 bridgehead atoms. The third-order valence-corrected chi connectivity index (χ3v) is 6.37. The molecule has 1 saturated carbocycles. The predicted octanol–water partition coefficient (Wildman–Crippen LogP) is 3.61. The Morgan fingerprint density at radius 3 is 2.38 bits per heavy atom. The predicted molar refractivity (Wildman–Crippen MR) is 145 cm³/mol. The molecule has 39 heavy (non-hydrogen) atoms. The van der Waals surface area contributed by atoms with Crippen molar-refractivity contribution >= 4 is 35.1 Å². The number of pyridine rings is 1. The number of carbonyl (C=O) groups excluding carboxylic acids is 4. The molecule has 1 aliphatic carbocycles. The van der Waals surface area contributed by atoms with Crippen LogP contribution in [0.25, 0.3) is 0 Å². The molecule has 2 aliphatic rings. The van der Waals surface area contributed by atoms with Gasteiger partial charge in [0.1, 0.15) is 11.6 Å². The van der Waals surface area contributed by atoms with Crippen molar-refractivity contribution in [1.29, 1.82) is 0 Å². The van der Waals surface area contributed by atoms with Crippen LogP contribution in [0.3, 0.4) is 0 Å². The number of amides is 4. The summed E-state index contributed by atoms with van der Waals surface area (Å²) in [5.74, 6) is -0.0699. The minimum absolute atomic E-state index is 0.0122. The number of ether oxygens (including phenoxy) is 1. The van der Waals surface area contributed by atoms with E-state index in [-0.39, 0.29) is 42.3 Å². The van der Waals surface area contributed by atoms with Gasteiger partial charge >= 0.3 is 0 Å². The zero-order chi connectivity index (χ0) is 27.5. The number of nitrogens with one attached hydrogen (secondary N) is 3. The van der Waals surface area contributed by atoms with E-state index in [2.05, 4.69) is 20.9 Å². The zero-order valence-electron chi connectivity index (χ0n) is 21.7. The number of carbonyl (C=O) groups is 4. The minimum Gasteiger partial charge on any atom is -0.482 e. The largest absolute Gasteiger partial charge is 0.482 e. The first-order valence-corrected chi connectivity index (χ1v) is 12.8. The highest BCUT2D eigenvalue weighted by Crippen LogP contribution is 2.33. The first-order chi connectivity index (χ1) is 18.8. The van der Waals surface area contributed by atoms with Crippen molar-refractivity contribution in [2.45, 2.75) is 45.3 Å². The Kier molecular flexibility index (Phi) is 7.27. The van der Waals surface area contributed by atoms with E-state index >= 15 is 0 Å². The molecule has 2 heterocycles. The van der Waals surface area contributed by atoms with Crippen LogP contribution in [0.1, 0.15) is 63.3 Å². The lowest BCUT2D eigenvalue weighted by atomic mass is 10.1. The van der Waals surface area contributed by atoms with Gasteiger partial charge in [0.05, 0.1) is 11.3 Å². The highest BCUT2D eigenvalue weighted by Gasteiger charge is 2.33. The van der Waals surface area contributed by atoms with Crippen LogP contribution in [0.5, 0.6) is 5.75 Å². The van der Waals surface area contributed by atoms with Crippen LogP contribution in [-0.4, -0.2) is 52.2 Å². The standard InChI is InChI=1S/C29H29N5O5/c1-17(2)31-28(37)21-8-12-25(30-14-21)33-27(36)19-5-3-18(4-6-19)15-34(22-9-10-22)29(38)20-7-11-23-24(13-20)39-16-26(35)32-23/h3-8,11-14,17,22H,9-10,15-16H2,1-2H3,(H,31,37)(H,32,35)(H,30,33,36). The maximum Gasteiger partial charge on any atom is 0.262 e. The van der Waals surface area contributed by atoms with Gasteiger partial charge in [0.15, 0.2) is 6.61 Å². The topological polar surface area (TPSA) is 130 Å². The summed E-state index contributed by atoms with van der Waals surface area (Å²) in [6.45, 7) is 4.08. The number of benzene rings is 2. The highest BCUT2D eigenvalue weighted by molar-refractivity contribution is 6.04. The number of fused-ring (bicyclic) bond motifs is 1. The first kappa shape index (κ1) is 25.9. The molecule has 0 unspecified atom stereocenters. The van der Waals surface area contributed by atoms with Gasteiger partial charge in [-0.2, -0.15) is 0 Å². The number of rotatable bonds is 8. The Bertz CT molecular complexity index is 1410. The lowest BCUT2D eigenvalue weighted by molar-refractivity contribution is -0.118. The molecule has 3 N–H and O–H groups in total. The molecular weight excluding hydrogens is 498 g/mol. The summed E-state index contributed by atoms with van der Waals surface area (Å²) in [6, 6.07) is 15.5. The number of hydrogen-bond acceptors (Lipinski definition) is 6. The van der Waals surface area contributed by atoms with Gasteiger partial charge in [-0.05, 0) is 74.7 Å². The van der Waals surface area contributed by atoms with Gasteiger partial charge < -0.3 is 25.6 Å². The second kappa shape index (κ2) is 10.9. The molecular formula is C29H29N5O5. The van der Waals surface area contributed by atoms with Crippen LogP contribution in [0.15, 0.2) is 60.8 Å². The molecule has 10 nitrogen and oxygen atoms in total. The second-order valence-electron chi connectivity index (χ2n) is 9.92. The van der Waals surface area contributed by atoms with Crippen molar-refractivity contribution in [3.8, 4) is 5.75 Å². The van der Waals surface area contributed by atoms with E-state index in [4.69, 9.17) is 4.74 Å². The third-order valence-electron chi connectivity index (χ3n) is 6.37. The van der Waals surface area contributed by atoms with Gasteiger partial charge in [-0.25, -0.2) is 4.98 Å². The van der Waals surface area contributed by atoms with Crippen molar-refractivity contribution in [3.63, 3.8) is 0 Å². The van der Waals surface area contributed by atoms with E-state index < -0.39 is 0 Å². The smallest absolute Gasteiger partial charge is 0.262 e. The van der Waals surface area contributed by atoms with E-state index in [0.29, 0.717) is 40.5 Å². The van der Waals surface area contributed by atoms with Gasteiger partial charge in [0.2, 0.25) is 0 Å². The Morgan fingerprint density at radius 1 is 1.00 bits per heavy atom. The monoisotopic (exact) mass is 527 g/mol. The summed E-state index contributed by atoms with van der Waals surface area (Å²) in [5, 5.41) is 8.26. The first-order valence-electron chi connectivity index (χ1n) is 12.8. The van der Waals surface area contributed by atoms with Crippen LogP contribution in [-0.2, 0) is 11.3 Å². The zero-order valence-corrected chi connectivity index (χ0v) is 21.7. The van der Waals surface area contributed by atoms with Gasteiger partial charge in [-0.3, -0.25) is 19.2 Å². The summed E-state index contributed by atoms with van der Waals surface area (Å²) in [5.41, 5.74) is 2.80. The summed E-state index contributed by atoms with van der Waals surface area (Å²) >= 11 is 0. The van der Waals surface area contributed by atoms with E-state index in [1.54, 1.807) is 42.5 Å². The van der Waals surface area contributed by atoms with Crippen molar-refractivity contribution in [2.24, 2.45) is 0 Å². The summed E-state index contributed by atoms with van der Waals surface area (Å²) in [7, 11) is 0. The molecule has 0 saturated heterocycles. The molecule has 5 rings (SSSR count). The molecule has 2 aromatic carbocycles. The Labute approximate surface area is 225 Å². The minimum atomic E-state index is -0.329. The highest BCUT2D eigenvalue weighted by atomic mass is 16.5. The average molecular weight is 528 g/mol. The summed E-state index contributed by atoms with van der Waals surface area (Å²) < 4.78 is 5.47. The molecule has 3 aromatic rings. The van der Waals surface area contributed by atoms with Crippen molar-refractivity contribution < 1.29 is 23.9 Å². The fourth-order valence-corrected chi connectivity index (χ4v) is 4.22. The van der Waals surface area contributed by atoms with Crippen LogP contribution in [0.2, 0.25) is 0 Å². The fraction of sp³-hybridized carbons (Fsp3) is 0.276. The molecule has 10 heteroatoms. The average Bonchev–Trinajstić information content (AvgIpc) is 3.77. The van der Waals surface area contributed by atoms with E-state index in [1.807, 2.05) is 30.9 Å². The molecule has 0 atom stereocenters. The SMILES string of the molecule is CC(C)NC(=O)c1ccc(NC(=O)c2ccc(CN(C(=O)c3ccc4c(c3)OCC(=O)N4)C3CC3)cc2)nc1. The summed E-state index contributed by atoms with van der Waals surface area (Å²) in [6.07, 6.45) is 3.30. The number of aromatic nitrogens is 1. The van der Waals surface area contributed by atoms with Crippen LogP contribution in [0, 0.1) is 0 Å². The van der Waals surface area contributed by atoms with E-state index in [9.17, 15) is 19.2 Å². The fourth-order valence-electron chi connectivity index (χ4n) is 4.22. The lowest BCUT2D eigenvalue weighted by Crippen LogP contribution is -2.33. The molecule has 1 fully saturated rings. The number of hydrogen-bond donors (Lipinski definition) is 3. The van der Waals surface area contributed by atoms with Crippen LogP contribution >= 0.6 is 0 Å². The molecule has 1 aromatic heterocycles. The number of nitrogens with zero attached hydrogens (tertiary/aromatic N) is 2. The van der Waals surface area contributed by atoms with Gasteiger partial charge in [0, 0.05) is 36.0 Å². The Balaban J connectivity index is 1.22. The normalized spacial score (nSPS) is 14.1. The van der Waals surface area contributed by atoms with Gasteiger partial charge in [-0.1, -0.05) is 12.1 Å². The second-order valence-corrected chi connectivity index (χ2v) is 9.92. The van der Waals surface area contributed by atoms with Crippen molar-refractivity contribution in [2.75, 3.05) is 17.2 Å². The number of anilines is 2. The van der Waals surface area contributed by atoms with E-state index in [0.717, 1.165) is 18.4 Å². The summed E-state index contributed by atoms with van der Waals surface area (Å²) in [4.78, 5) is 55.7. The van der Waals surface area contributed by atoms with E-state index in [1.165, 1.54) is 6.20 Å². The molecule has 4 amide bonds. The Morgan fingerprint density at radius 2 is 1.72 bits per heavy atom. The third kappa shape index (κ3) is 6.23. The maximum absolute atomic E-state index is 13.4. The van der Waals surface area contributed by atoms with Gasteiger partial charge in [0.25, 0.3) is 23.6 Å². The van der Waals surface area contributed by atoms with Crippen LogP contribution < -0.4 is 20.7 Å². The van der Waals surface area contributed by atoms with Crippen molar-refractivity contribution in [3.05, 3.63) is 83.0 Å². The molecule has 0 spiro atoms. The maximum atomic E-state index is 13.4. The Hall–Kier alpha value is -4.73. The lowest BCUT2D eigenvalue weighted by Gasteiger charge is -2.24. The van der Waals surface area contributed by atoms with Gasteiger partial charge in [-0.15, -0.1) is 0 Å². The molecule has 1 aliphatic heterocycles. The molecule has 200 valence electrons.